The van der Waals surface area contributed by atoms with Gasteiger partial charge in [-0.15, -0.1) is 6.58 Å². The highest BCUT2D eigenvalue weighted by Gasteiger charge is 2.39. The molecule has 6 atom stereocenters. The van der Waals surface area contributed by atoms with Crippen molar-refractivity contribution in [3.8, 4) is 0 Å². The van der Waals surface area contributed by atoms with E-state index in [0.29, 0.717) is 19.1 Å². The predicted molar refractivity (Wildman–Crippen MR) is 130 cm³/mol. The van der Waals surface area contributed by atoms with Crippen LogP contribution in [-0.4, -0.2) is 25.5 Å². The highest BCUT2D eigenvalue weighted by atomic mass is 19.2. The zero-order valence-corrected chi connectivity index (χ0v) is 20.5. The average Bonchev–Trinajstić information content (AvgIpc) is 2.85. The summed E-state index contributed by atoms with van der Waals surface area (Å²) in [5, 5.41) is 0. The summed E-state index contributed by atoms with van der Waals surface area (Å²) in [6, 6.07) is 0. The molecule has 0 radical (unpaired) electrons. The predicted octanol–water partition coefficient (Wildman–Crippen LogP) is 8.10. The SMILES string of the molecule is C=CCCC1CCC(C2CCC3CC(COC4C=CC(OCC)=C(F)C4F)CCC3C2)CC1. The van der Waals surface area contributed by atoms with Crippen LogP contribution < -0.4 is 0 Å². The monoisotopic (exact) mass is 462 g/mol. The summed E-state index contributed by atoms with van der Waals surface area (Å²) in [6.45, 7) is 6.51. The van der Waals surface area contributed by atoms with Gasteiger partial charge in [-0.1, -0.05) is 18.9 Å². The third-order valence-electron chi connectivity index (χ3n) is 9.13. The van der Waals surface area contributed by atoms with Gasteiger partial charge < -0.3 is 9.47 Å². The van der Waals surface area contributed by atoms with Crippen molar-refractivity contribution in [1.29, 1.82) is 0 Å². The summed E-state index contributed by atoms with van der Waals surface area (Å²) >= 11 is 0. The molecule has 0 N–H and O–H groups in total. The van der Waals surface area contributed by atoms with E-state index in [1.165, 1.54) is 76.7 Å². The Balaban J connectivity index is 1.19. The van der Waals surface area contributed by atoms with Crippen LogP contribution in [0.25, 0.3) is 0 Å². The Morgan fingerprint density at radius 3 is 2.30 bits per heavy atom. The molecule has 4 aliphatic rings. The standard InChI is InChI=1S/C29H44F2O2/c1-3-5-6-20-7-10-22(11-8-20)24-14-13-23-17-21(9-12-25(23)18-24)19-33-27-16-15-26(32-4-2)28(30)29(27)31/h3,15-16,20-25,27,29H,1,4-14,17-19H2,2H3. The zero-order valence-electron chi connectivity index (χ0n) is 20.5. The van der Waals surface area contributed by atoms with Crippen LogP contribution in [0.4, 0.5) is 8.78 Å². The second-order valence-electron chi connectivity index (χ2n) is 11.1. The third kappa shape index (κ3) is 6.29. The molecule has 0 saturated heterocycles. The van der Waals surface area contributed by atoms with E-state index >= 15 is 0 Å². The number of ether oxygens (including phenoxy) is 2. The lowest BCUT2D eigenvalue weighted by atomic mass is 9.61. The Morgan fingerprint density at radius 1 is 0.939 bits per heavy atom. The first-order valence-electron chi connectivity index (χ1n) is 13.7. The third-order valence-corrected chi connectivity index (χ3v) is 9.13. The van der Waals surface area contributed by atoms with Gasteiger partial charge in [0.25, 0.3) is 0 Å². The van der Waals surface area contributed by atoms with Crippen LogP contribution in [0.2, 0.25) is 0 Å². The van der Waals surface area contributed by atoms with Gasteiger partial charge in [-0.05, 0) is 119 Å². The molecule has 2 nitrogen and oxygen atoms in total. The van der Waals surface area contributed by atoms with E-state index in [2.05, 4.69) is 12.7 Å². The molecule has 0 spiro atoms. The van der Waals surface area contributed by atoms with Gasteiger partial charge in [0.15, 0.2) is 17.8 Å². The highest BCUT2D eigenvalue weighted by molar-refractivity contribution is 5.27. The van der Waals surface area contributed by atoms with Crippen LogP contribution in [-0.2, 0) is 9.47 Å². The van der Waals surface area contributed by atoms with E-state index in [0.717, 1.165) is 36.0 Å². The first-order chi connectivity index (χ1) is 16.1. The lowest BCUT2D eigenvalue weighted by Gasteiger charge is -2.45. The molecule has 33 heavy (non-hydrogen) atoms. The highest BCUT2D eigenvalue weighted by Crippen LogP contribution is 2.49. The van der Waals surface area contributed by atoms with Crippen molar-refractivity contribution in [3.05, 3.63) is 36.4 Å². The van der Waals surface area contributed by atoms with E-state index in [-0.39, 0.29) is 5.76 Å². The number of hydrogen-bond donors (Lipinski definition) is 0. The number of allylic oxidation sites excluding steroid dienone is 2. The Hall–Kier alpha value is -1.16. The molecule has 0 bridgehead atoms. The number of fused-ring (bicyclic) bond motifs is 1. The maximum atomic E-state index is 14.4. The van der Waals surface area contributed by atoms with E-state index < -0.39 is 18.1 Å². The minimum Gasteiger partial charge on any atom is -0.491 e. The maximum Gasteiger partial charge on any atom is 0.185 e. The van der Waals surface area contributed by atoms with Crippen LogP contribution in [0.3, 0.4) is 0 Å². The van der Waals surface area contributed by atoms with Crippen LogP contribution in [0, 0.1) is 35.5 Å². The van der Waals surface area contributed by atoms with Crippen molar-refractivity contribution < 1.29 is 18.3 Å². The van der Waals surface area contributed by atoms with Crippen molar-refractivity contribution in [2.24, 2.45) is 35.5 Å². The van der Waals surface area contributed by atoms with Gasteiger partial charge in [0.2, 0.25) is 0 Å². The van der Waals surface area contributed by atoms with Gasteiger partial charge in [-0.25, -0.2) is 8.78 Å². The van der Waals surface area contributed by atoms with Crippen LogP contribution in [0.1, 0.15) is 84.0 Å². The molecular formula is C29H44F2O2. The van der Waals surface area contributed by atoms with Crippen molar-refractivity contribution in [2.45, 2.75) is 96.2 Å². The van der Waals surface area contributed by atoms with Gasteiger partial charge >= 0.3 is 0 Å². The van der Waals surface area contributed by atoms with E-state index in [4.69, 9.17) is 9.47 Å². The van der Waals surface area contributed by atoms with Crippen molar-refractivity contribution in [2.75, 3.05) is 13.2 Å². The Morgan fingerprint density at radius 2 is 1.58 bits per heavy atom. The molecule has 0 amide bonds. The lowest BCUT2D eigenvalue weighted by molar-refractivity contribution is -0.0167. The second-order valence-corrected chi connectivity index (χ2v) is 11.1. The molecule has 0 heterocycles. The number of hydrogen-bond acceptors (Lipinski definition) is 2. The minimum atomic E-state index is -1.75. The van der Waals surface area contributed by atoms with Crippen molar-refractivity contribution in [3.63, 3.8) is 0 Å². The molecule has 3 saturated carbocycles. The van der Waals surface area contributed by atoms with Crippen LogP contribution in [0.15, 0.2) is 36.4 Å². The minimum absolute atomic E-state index is 0.00682. The smallest absolute Gasteiger partial charge is 0.185 e. The van der Waals surface area contributed by atoms with Gasteiger partial charge in [-0.3, -0.25) is 0 Å². The molecule has 0 aliphatic heterocycles. The average molecular weight is 463 g/mol. The summed E-state index contributed by atoms with van der Waals surface area (Å²) in [5.74, 6) is 4.15. The normalized spacial score (nSPS) is 39.2. The fourth-order valence-corrected chi connectivity index (χ4v) is 7.20. The summed E-state index contributed by atoms with van der Waals surface area (Å²) in [7, 11) is 0. The van der Waals surface area contributed by atoms with Gasteiger partial charge in [0, 0.05) is 0 Å². The summed E-state index contributed by atoms with van der Waals surface area (Å²) in [5.41, 5.74) is 0. The molecule has 3 fully saturated rings. The lowest BCUT2D eigenvalue weighted by Crippen LogP contribution is -2.36. The molecular weight excluding hydrogens is 418 g/mol. The van der Waals surface area contributed by atoms with Crippen molar-refractivity contribution in [1.82, 2.24) is 0 Å². The van der Waals surface area contributed by atoms with E-state index in [1.807, 2.05) is 0 Å². The first-order valence-corrected chi connectivity index (χ1v) is 13.7. The zero-order chi connectivity index (χ0) is 23.2. The molecule has 0 aromatic rings. The largest absolute Gasteiger partial charge is 0.491 e. The van der Waals surface area contributed by atoms with E-state index in [1.54, 1.807) is 13.0 Å². The maximum absolute atomic E-state index is 14.4. The topological polar surface area (TPSA) is 18.5 Å². The van der Waals surface area contributed by atoms with Crippen LogP contribution in [0.5, 0.6) is 0 Å². The number of rotatable bonds is 9. The van der Waals surface area contributed by atoms with Gasteiger partial charge in [-0.2, -0.15) is 0 Å². The molecule has 4 aliphatic carbocycles. The summed E-state index contributed by atoms with van der Waals surface area (Å²) in [6.07, 6.45) is 18.7. The summed E-state index contributed by atoms with van der Waals surface area (Å²) in [4.78, 5) is 0. The number of halogens is 2. The van der Waals surface area contributed by atoms with Gasteiger partial charge in [0.05, 0.1) is 13.2 Å². The first kappa shape index (κ1) is 24.9. The number of alkyl halides is 1. The Bertz CT molecular complexity index is 694. The summed E-state index contributed by atoms with van der Waals surface area (Å²) < 4.78 is 39.7. The second kappa shape index (κ2) is 12.0. The van der Waals surface area contributed by atoms with Gasteiger partial charge in [0.1, 0.15) is 6.10 Å². The Kier molecular flexibility index (Phi) is 9.07. The fraction of sp³-hybridized carbons (Fsp3) is 0.793. The molecule has 186 valence electrons. The molecule has 0 aromatic carbocycles. The molecule has 6 unspecified atom stereocenters. The van der Waals surface area contributed by atoms with Crippen molar-refractivity contribution >= 4 is 0 Å². The molecule has 0 aromatic heterocycles. The molecule has 4 rings (SSSR count). The van der Waals surface area contributed by atoms with E-state index in [9.17, 15) is 8.78 Å². The van der Waals surface area contributed by atoms with Crippen LogP contribution >= 0.6 is 0 Å². The molecule has 4 heteroatoms. The fourth-order valence-electron chi connectivity index (χ4n) is 7.20. The quantitative estimate of drug-likeness (QED) is 0.322. The Labute approximate surface area is 199 Å².